The maximum Gasteiger partial charge on any atom is 0.201 e. The fraction of sp³-hybridized carbons (Fsp3) is 0.133. The highest BCUT2D eigenvalue weighted by atomic mass is 79.9. The Bertz CT molecular complexity index is 704. The molecule has 21 heavy (non-hydrogen) atoms. The van der Waals surface area contributed by atoms with Gasteiger partial charge in [-0.1, -0.05) is 27.5 Å². The molecule has 0 saturated heterocycles. The highest BCUT2D eigenvalue weighted by Gasteiger charge is 2.22. The van der Waals surface area contributed by atoms with Gasteiger partial charge in [0.25, 0.3) is 0 Å². The van der Waals surface area contributed by atoms with Gasteiger partial charge in [0.1, 0.15) is 0 Å². The molecule has 0 N–H and O–H groups in total. The van der Waals surface area contributed by atoms with Gasteiger partial charge in [0.05, 0.1) is 17.2 Å². The summed E-state index contributed by atoms with van der Waals surface area (Å²) >= 11 is 9.14. The van der Waals surface area contributed by atoms with Crippen LogP contribution in [0.2, 0.25) is 5.02 Å². The maximum absolute atomic E-state index is 14.0. The zero-order chi connectivity index (χ0) is 15.6. The third-order valence-corrected chi connectivity index (χ3v) is 3.59. The molecular formula is C15H10BrClF2O2. The number of rotatable bonds is 4. The van der Waals surface area contributed by atoms with Crippen molar-refractivity contribution in [3.63, 3.8) is 0 Å². The van der Waals surface area contributed by atoms with Crippen LogP contribution in [0.3, 0.4) is 0 Å². The zero-order valence-electron chi connectivity index (χ0n) is 10.9. The Labute approximate surface area is 133 Å². The Morgan fingerprint density at radius 3 is 2.57 bits per heavy atom. The minimum absolute atomic E-state index is 0.0912. The van der Waals surface area contributed by atoms with Crippen molar-refractivity contribution >= 4 is 33.3 Å². The van der Waals surface area contributed by atoms with E-state index >= 15 is 0 Å². The third kappa shape index (κ3) is 3.24. The topological polar surface area (TPSA) is 26.3 Å². The van der Waals surface area contributed by atoms with Crippen LogP contribution in [0, 0.1) is 11.6 Å². The number of carbonyl (C=O) groups is 1. The van der Waals surface area contributed by atoms with Crippen molar-refractivity contribution in [2.75, 3.05) is 6.61 Å². The van der Waals surface area contributed by atoms with Crippen molar-refractivity contribution in [3.05, 3.63) is 62.6 Å². The van der Waals surface area contributed by atoms with Gasteiger partial charge in [-0.05, 0) is 37.3 Å². The van der Waals surface area contributed by atoms with Gasteiger partial charge in [-0.25, -0.2) is 4.39 Å². The summed E-state index contributed by atoms with van der Waals surface area (Å²) in [4.78, 5) is 12.3. The van der Waals surface area contributed by atoms with Crippen molar-refractivity contribution in [3.8, 4) is 5.75 Å². The van der Waals surface area contributed by atoms with Crippen molar-refractivity contribution in [2.24, 2.45) is 0 Å². The molecule has 2 aromatic rings. The number of benzene rings is 2. The second-order valence-electron chi connectivity index (χ2n) is 4.13. The molecule has 6 heteroatoms. The van der Waals surface area contributed by atoms with E-state index < -0.39 is 23.0 Å². The van der Waals surface area contributed by atoms with Gasteiger partial charge in [-0.2, -0.15) is 4.39 Å². The summed E-state index contributed by atoms with van der Waals surface area (Å²) < 4.78 is 33.4. The molecule has 110 valence electrons. The van der Waals surface area contributed by atoms with E-state index in [-0.39, 0.29) is 22.9 Å². The Morgan fingerprint density at radius 2 is 1.90 bits per heavy atom. The molecule has 0 bridgehead atoms. The number of hydrogen-bond donors (Lipinski definition) is 0. The van der Waals surface area contributed by atoms with Crippen LogP contribution in [0.25, 0.3) is 0 Å². The summed E-state index contributed by atoms with van der Waals surface area (Å²) in [6.45, 7) is 1.85. The van der Waals surface area contributed by atoms with Crippen LogP contribution < -0.4 is 4.74 Å². The lowest BCUT2D eigenvalue weighted by atomic mass is 10.0. The fourth-order valence-corrected chi connectivity index (χ4v) is 2.36. The first kappa shape index (κ1) is 15.9. The van der Waals surface area contributed by atoms with Crippen molar-refractivity contribution in [2.45, 2.75) is 6.92 Å². The zero-order valence-corrected chi connectivity index (χ0v) is 13.3. The smallest absolute Gasteiger partial charge is 0.201 e. The first-order valence-electron chi connectivity index (χ1n) is 6.06. The van der Waals surface area contributed by atoms with Gasteiger partial charge in [0.15, 0.2) is 17.3 Å². The summed E-state index contributed by atoms with van der Waals surface area (Å²) in [6, 6.07) is 7.01. The molecule has 2 rings (SSSR count). The number of ether oxygens (including phenoxy) is 1. The largest absolute Gasteiger partial charge is 0.491 e. The van der Waals surface area contributed by atoms with Crippen LogP contribution in [-0.2, 0) is 0 Å². The van der Waals surface area contributed by atoms with Crippen LogP contribution in [0.1, 0.15) is 22.8 Å². The van der Waals surface area contributed by atoms with Gasteiger partial charge >= 0.3 is 0 Å². The summed E-state index contributed by atoms with van der Waals surface area (Å²) in [5.41, 5.74) is -0.301. The lowest BCUT2D eigenvalue weighted by Gasteiger charge is -2.09. The van der Waals surface area contributed by atoms with Crippen LogP contribution >= 0.6 is 27.5 Å². The normalized spacial score (nSPS) is 10.5. The van der Waals surface area contributed by atoms with Gasteiger partial charge in [0.2, 0.25) is 5.82 Å². The Morgan fingerprint density at radius 1 is 1.19 bits per heavy atom. The van der Waals surface area contributed by atoms with E-state index in [0.717, 1.165) is 0 Å². The molecule has 0 saturated carbocycles. The minimum atomic E-state index is -1.25. The van der Waals surface area contributed by atoms with Crippen LogP contribution in [0.4, 0.5) is 8.78 Å². The molecule has 0 aromatic heterocycles. The first-order chi connectivity index (χ1) is 9.95. The second kappa shape index (κ2) is 6.54. The van der Waals surface area contributed by atoms with Gasteiger partial charge in [-0.15, -0.1) is 0 Å². The van der Waals surface area contributed by atoms with Crippen molar-refractivity contribution in [1.29, 1.82) is 0 Å². The Balaban J connectivity index is 2.49. The Kier molecular flexibility index (Phi) is 4.96. The molecule has 2 nitrogen and oxygen atoms in total. The molecule has 0 aliphatic carbocycles. The Hall–Kier alpha value is -1.46. The quantitative estimate of drug-likeness (QED) is 0.702. The molecule has 0 spiro atoms. The molecule has 2 aromatic carbocycles. The van der Waals surface area contributed by atoms with Gasteiger partial charge in [0, 0.05) is 10.0 Å². The van der Waals surface area contributed by atoms with E-state index in [4.69, 9.17) is 16.3 Å². The summed E-state index contributed by atoms with van der Waals surface area (Å²) in [5.74, 6) is -3.36. The predicted molar refractivity (Wildman–Crippen MR) is 80.1 cm³/mol. The second-order valence-corrected chi connectivity index (χ2v) is 5.45. The van der Waals surface area contributed by atoms with E-state index in [2.05, 4.69) is 15.9 Å². The van der Waals surface area contributed by atoms with E-state index in [1.54, 1.807) is 13.0 Å². The highest BCUT2D eigenvalue weighted by molar-refractivity contribution is 9.10. The molecule has 0 unspecified atom stereocenters. The summed E-state index contributed by atoms with van der Waals surface area (Å²) in [6.07, 6.45) is 0. The maximum atomic E-state index is 14.0. The highest BCUT2D eigenvalue weighted by Crippen LogP contribution is 2.28. The van der Waals surface area contributed by atoms with Crippen molar-refractivity contribution in [1.82, 2.24) is 0 Å². The molecule has 0 fully saturated rings. The average molecular weight is 376 g/mol. The lowest BCUT2D eigenvalue weighted by Crippen LogP contribution is -2.08. The number of carbonyl (C=O) groups excluding carboxylic acids is 1. The standard InChI is InChI=1S/C15H10BrClF2O2/c1-2-21-12-6-4-9(13(18)14(12)19)15(20)10-7-8(16)3-5-11(10)17/h3-7H,2H2,1H3. The predicted octanol–water partition coefficient (Wildman–Crippen LogP) is 5.01. The monoisotopic (exact) mass is 374 g/mol. The number of halogens is 4. The van der Waals surface area contributed by atoms with Gasteiger partial charge in [-0.3, -0.25) is 4.79 Å². The first-order valence-corrected chi connectivity index (χ1v) is 7.23. The van der Waals surface area contributed by atoms with E-state index in [1.807, 2.05) is 0 Å². The van der Waals surface area contributed by atoms with Crippen LogP contribution in [-0.4, -0.2) is 12.4 Å². The molecule has 0 aliphatic rings. The van der Waals surface area contributed by atoms with E-state index in [0.29, 0.717) is 4.47 Å². The number of ketones is 1. The molecular weight excluding hydrogens is 366 g/mol. The summed E-state index contributed by atoms with van der Waals surface area (Å²) in [5, 5.41) is 0.164. The molecule has 0 heterocycles. The fourth-order valence-electron chi connectivity index (χ4n) is 1.79. The van der Waals surface area contributed by atoms with Gasteiger partial charge < -0.3 is 4.74 Å². The van der Waals surface area contributed by atoms with Crippen molar-refractivity contribution < 1.29 is 18.3 Å². The molecule has 0 aliphatic heterocycles. The summed E-state index contributed by atoms with van der Waals surface area (Å²) in [7, 11) is 0. The van der Waals surface area contributed by atoms with Crippen LogP contribution in [0.5, 0.6) is 5.75 Å². The van der Waals surface area contributed by atoms with E-state index in [9.17, 15) is 13.6 Å². The third-order valence-electron chi connectivity index (χ3n) is 2.76. The number of hydrogen-bond acceptors (Lipinski definition) is 2. The SMILES string of the molecule is CCOc1ccc(C(=O)c2cc(Br)ccc2Cl)c(F)c1F. The minimum Gasteiger partial charge on any atom is -0.491 e. The van der Waals surface area contributed by atoms with Crippen LogP contribution in [0.15, 0.2) is 34.8 Å². The van der Waals surface area contributed by atoms with E-state index in [1.165, 1.54) is 24.3 Å². The lowest BCUT2D eigenvalue weighted by molar-refractivity contribution is 0.103. The molecule has 0 radical (unpaired) electrons. The average Bonchev–Trinajstić information content (AvgIpc) is 2.46. The molecule has 0 amide bonds. The molecule has 0 atom stereocenters.